The van der Waals surface area contributed by atoms with Crippen LogP contribution in [-0.2, 0) is 23.9 Å². The second kappa shape index (κ2) is 22.4. The van der Waals surface area contributed by atoms with Gasteiger partial charge in [0.25, 0.3) is 0 Å². The maximum Gasteiger partial charge on any atom is 0.246 e. The van der Waals surface area contributed by atoms with Crippen LogP contribution in [0.4, 0.5) is 4.39 Å². The molecular formula is C54H62FN5O7S2. The Morgan fingerprint density at radius 1 is 0.855 bits per heavy atom. The Labute approximate surface area is 411 Å². The molecule has 3 amide bonds. The van der Waals surface area contributed by atoms with Gasteiger partial charge in [0, 0.05) is 23.2 Å². The minimum atomic E-state index is -0.838. The van der Waals surface area contributed by atoms with Crippen molar-refractivity contribution in [1.82, 2.24) is 25.4 Å². The second-order valence-corrected chi connectivity index (χ2v) is 21.0. The summed E-state index contributed by atoms with van der Waals surface area (Å²) in [6, 6.07) is 26.3. The van der Waals surface area contributed by atoms with Crippen molar-refractivity contribution in [3.8, 4) is 38.1 Å². The van der Waals surface area contributed by atoms with Crippen molar-refractivity contribution < 1.29 is 38.1 Å². The first-order valence-electron chi connectivity index (χ1n) is 23.8. The maximum atomic E-state index is 14.0. The van der Waals surface area contributed by atoms with E-state index in [0.717, 1.165) is 74.7 Å². The number of hydrogen-bond acceptors (Lipinski definition) is 11. The van der Waals surface area contributed by atoms with Crippen LogP contribution in [0.25, 0.3) is 31.0 Å². The summed E-state index contributed by atoms with van der Waals surface area (Å²) >= 11 is 3.10. The number of aryl methyl sites for hydroxylation is 1. The molecule has 2 aromatic heterocycles. The summed E-state index contributed by atoms with van der Waals surface area (Å²) in [5.41, 5.74) is 6.39. The summed E-state index contributed by atoms with van der Waals surface area (Å²) in [5, 5.41) is 17.0. The number of rotatable bonds is 18. The monoisotopic (exact) mass is 975 g/mol. The number of thiazole rings is 1. The van der Waals surface area contributed by atoms with E-state index in [9.17, 15) is 23.9 Å². The van der Waals surface area contributed by atoms with Gasteiger partial charge in [-0.3, -0.25) is 14.4 Å². The van der Waals surface area contributed by atoms with Crippen molar-refractivity contribution in [2.75, 3.05) is 52.6 Å². The summed E-state index contributed by atoms with van der Waals surface area (Å²) in [5.74, 6) is 0.831. The SMILES string of the molecule is Cc1ncsc1-c1ccc([C@H](C)NC(=O)[C@@H]2CCCN2C(=O)[C@@H](NC(=O)COCCOCCN2CCC(c3ccc(Oc4c(-c5ccc(F)cc5)sc5cc(O)ccc45)cc3)CC2)C(C)(C)C)cc1. The average molecular weight is 976 g/mol. The van der Waals surface area contributed by atoms with E-state index in [4.69, 9.17) is 14.2 Å². The van der Waals surface area contributed by atoms with E-state index in [1.54, 1.807) is 40.5 Å². The minimum absolute atomic E-state index is 0.180. The predicted molar refractivity (Wildman–Crippen MR) is 270 cm³/mol. The van der Waals surface area contributed by atoms with Crippen molar-refractivity contribution in [2.45, 2.75) is 84.3 Å². The van der Waals surface area contributed by atoms with E-state index in [1.165, 1.54) is 29.0 Å². The van der Waals surface area contributed by atoms with Crippen LogP contribution in [0.15, 0.2) is 96.5 Å². The number of ether oxygens (including phenoxy) is 3. The fourth-order valence-electron chi connectivity index (χ4n) is 9.16. The Balaban J connectivity index is 0.730. The summed E-state index contributed by atoms with van der Waals surface area (Å²) in [7, 11) is 0. The molecule has 0 spiro atoms. The molecule has 0 bridgehead atoms. The van der Waals surface area contributed by atoms with Gasteiger partial charge in [-0.15, -0.1) is 22.7 Å². The molecule has 2 aliphatic heterocycles. The number of benzene rings is 4. The van der Waals surface area contributed by atoms with Gasteiger partial charge in [-0.2, -0.15) is 0 Å². The first kappa shape index (κ1) is 49.7. The van der Waals surface area contributed by atoms with E-state index < -0.39 is 23.4 Å². The quantitative estimate of drug-likeness (QED) is 0.0718. The van der Waals surface area contributed by atoms with Crippen LogP contribution in [0.3, 0.4) is 0 Å². The number of amides is 3. The number of aromatic hydroxyl groups is 1. The van der Waals surface area contributed by atoms with Gasteiger partial charge in [0.05, 0.1) is 46.8 Å². The average Bonchev–Trinajstić information content (AvgIpc) is 4.10. The highest BCUT2D eigenvalue weighted by molar-refractivity contribution is 7.22. The lowest BCUT2D eigenvalue weighted by molar-refractivity contribution is -0.144. The highest BCUT2D eigenvalue weighted by atomic mass is 32.1. The molecule has 0 unspecified atom stereocenters. The molecule has 0 saturated carbocycles. The van der Waals surface area contributed by atoms with Crippen LogP contribution < -0.4 is 15.4 Å². The van der Waals surface area contributed by atoms with Crippen LogP contribution in [-0.4, -0.2) is 102 Å². The number of carbonyl (C=O) groups excluding carboxylic acids is 3. The number of aromatic nitrogens is 1. The zero-order valence-electron chi connectivity index (χ0n) is 40.0. The smallest absolute Gasteiger partial charge is 0.246 e. The lowest BCUT2D eigenvalue weighted by Crippen LogP contribution is -2.58. The van der Waals surface area contributed by atoms with E-state index in [0.29, 0.717) is 50.0 Å². The molecule has 2 saturated heterocycles. The molecule has 69 heavy (non-hydrogen) atoms. The van der Waals surface area contributed by atoms with E-state index in [2.05, 4.69) is 32.7 Å². The van der Waals surface area contributed by atoms with Crippen molar-refractivity contribution in [3.05, 3.63) is 119 Å². The molecule has 364 valence electrons. The van der Waals surface area contributed by atoms with Gasteiger partial charge in [0.15, 0.2) is 5.75 Å². The molecule has 4 aromatic carbocycles. The Bertz CT molecular complexity index is 2690. The molecule has 0 aliphatic carbocycles. The van der Waals surface area contributed by atoms with Crippen molar-refractivity contribution in [3.63, 3.8) is 0 Å². The molecule has 3 N–H and O–H groups in total. The Morgan fingerprint density at radius 3 is 2.25 bits per heavy atom. The topological polar surface area (TPSA) is 143 Å². The van der Waals surface area contributed by atoms with Gasteiger partial charge in [0.1, 0.15) is 36.0 Å². The van der Waals surface area contributed by atoms with Gasteiger partial charge < -0.3 is 39.8 Å². The number of piperidine rings is 1. The first-order valence-corrected chi connectivity index (χ1v) is 25.5. The number of nitrogens with zero attached hydrogens (tertiary/aromatic N) is 3. The van der Waals surface area contributed by atoms with Crippen LogP contribution in [0.2, 0.25) is 0 Å². The fourth-order valence-corrected chi connectivity index (χ4v) is 11.1. The van der Waals surface area contributed by atoms with E-state index in [1.807, 2.05) is 82.6 Å². The Hall–Kier alpha value is -5.71. The molecule has 6 aromatic rings. The number of hydrogen-bond donors (Lipinski definition) is 3. The third-order valence-corrected chi connectivity index (χ3v) is 15.2. The molecule has 2 fully saturated rings. The number of likely N-dealkylation sites (tertiary alicyclic amines) is 2. The molecule has 0 radical (unpaired) electrons. The molecule has 2 aliphatic rings. The van der Waals surface area contributed by atoms with Crippen LogP contribution in [0.1, 0.15) is 82.2 Å². The standard InChI is InChI=1S/C54H62FN5O7S2/c1-34(36-8-10-39(11-9-36)49-35(2)56-33-68-49)57-52(63)45-7-6-24-60(45)53(64)51(54(3,4)5)58-47(62)32-66-30-29-65-28-27-59-25-22-38(23-26-59)37-14-19-43(20-15-37)67-48-44-21-18-42(61)31-46(44)69-50(48)40-12-16-41(55)17-13-40/h8-21,31,33-34,38,45,51,61H,6-7,22-30,32H2,1-5H3,(H,57,63)(H,58,62)/t34-,45-,51+/m0/s1. The summed E-state index contributed by atoms with van der Waals surface area (Å²) < 4.78 is 32.7. The number of thiophene rings is 1. The Morgan fingerprint density at radius 2 is 1.55 bits per heavy atom. The highest BCUT2D eigenvalue weighted by Crippen LogP contribution is 2.47. The van der Waals surface area contributed by atoms with Gasteiger partial charge in [-0.25, -0.2) is 9.37 Å². The number of phenolic OH excluding ortho intramolecular Hbond substituents is 1. The first-order chi connectivity index (χ1) is 33.2. The largest absolute Gasteiger partial charge is 0.508 e. The maximum absolute atomic E-state index is 14.0. The normalized spacial score (nSPS) is 16.7. The lowest BCUT2D eigenvalue weighted by Gasteiger charge is -2.35. The van der Waals surface area contributed by atoms with Crippen LogP contribution in [0.5, 0.6) is 17.2 Å². The van der Waals surface area contributed by atoms with Gasteiger partial charge in [-0.05, 0) is 129 Å². The minimum Gasteiger partial charge on any atom is -0.508 e. The van der Waals surface area contributed by atoms with Crippen molar-refractivity contribution in [2.24, 2.45) is 5.41 Å². The second-order valence-electron chi connectivity index (χ2n) is 19.1. The van der Waals surface area contributed by atoms with E-state index >= 15 is 0 Å². The van der Waals surface area contributed by atoms with Crippen molar-refractivity contribution >= 4 is 50.5 Å². The number of phenols is 1. The number of nitrogens with one attached hydrogen (secondary N) is 2. The van der Waals surface area contributed by atoms with Crippen LogP contribution >= 0.6 is 22.7 Å². The van der Waals surface area contributed by atoms with Crippen LogP contribution in [0, 0.1) is 18.2 Å². The Kier molecular flexibility index (Phi) is 16.1. The summed E-state index contributed by atoms with van der Waals surface area (Å²) in [6.45, 7) is 13.7. The molecular weight excluding hydrogens is 914 g/mol. The third-order valence-electron chi connectivity index (χ3n) is 13.1. The molecule has 15 heteroatoms. The molecule has 12 nitrogen and oxygen atoms in total. The van der Waals surface area contributed by atoms with Gasteiger partial charge in [0.2, 0.25) is 17.7 Å². The van der Waals surface area contributed by atoms with Gasteiger partial charge >= 0.3 is 0 Å². The van der Waals surface area contributed by atoms with Gasteiger partial charge in [-0.1, -0.05) is 69.3 Å². The predicted octanol–water partition coefficient (Wildman–Crippen LogP) is 10.2. The molecule has 8 rings (SSSR count). The zero-order valence-corrected chi connectivity index (χ0v) is 41.6. The highest BCUT2D eigenvalue weighted by Gasteiger charge is 2.42. The third kappa shape index (κ3) is 12.4. The number of halogens is 1. The lowest BCUT2D eigenvalue weighted by atomic mass is 9.85. The summed E-state index contributed by atoms with van der Waals surface area (Å²) in [6.07, 6.45) is 3.31. The van der Waals surface area contributed by atoms with Crippen molar-refractivity contribution in [1.29, 1.82) is 0 Å². The van der Waals surface area contributed by atoms with E-state index in [-0.39, 0.29) is 42.6 Å². The molecule has 3 atom stereocenters. The fraction of sp³-hybridized carbons (Fsp3) is 0.407. The number of fused-ring (bicyclic) bond motifs is 1. The number of carbonyl (C=O) groups is 3. The molecule has 4 heterocycles. The summed E-state index contributed by atoms with van der Waals surface area (Å²) in [4.78, 5) is 51.2. The zero-order chi connectivity index (χ0) is 48.7.